The van der Waals surface area contributed by atoms with Crippen molar-refractivity contribution < 1.29 is 4.79 Å². The molecule has 0 unspecified atom stereocenters. The van der Waals surface area contributed by atoms with Crippen molar-refractivity contribution >= 4 is 11.6 Å². The molecule has 2 heterocycles. The average Bonchev–Trinajstić information content (AvgIpc) is 3.16. The van der Waals surface area contributed by atoms with Crippen molar-refractivity contribution in [2.24, 2.45) is 0 Å². The fraction of sp³-hybridized carbons (Fsp3) is 0.0870. The molecule has 0 spiro atoms. The molecular weight excluding hydrogens is 362 g/mol. The maximum Gasteiger partial charge on any atom is 0.273 e. The van der Waals surface area contributed by atoms with Crippen molar-refractivity contribution in [1.29, 1.82) is 0 Å². The monoisotopic (exact) mass is 383 g/mol. The summed E-state index contributed by atoms with van der Waals surface area (Å²) >= 11 is 0. The number of benzene rings is 2. The summed E-state index contributed by atoms with van der Waals surface area (Å²) in [5.74, 6) is 0.456. The fourth-order valence-corrected chi connectivity index (χ4v) is 3.09. The number of hydrogen-bond acceptors (Lipinski definition) is 4. The lowest BCUT2D eigenvalue weighted by atomic mass is 10.2. The van der Waals surface area contributed by atoms with E-state index in [4.69, 9.17) is 0 Å². The molecule has 0 saturated carbocycles. The Kier molecular flexibility index (Phi) is 5.33. The highest BCUT2D eigenvalue weighted by atomic mass is 16.2. The number of carbonyl (C=O) groups excluding carboxylic acids is 1. The van der Waals surface area contributed by atoms with Crippen LogP contribution in [0.5, 0.6) is 0 Å². The summed E-state index contributed by atoms with van der Waals surface area (Å²) in [7, 11) is 0. The first kappa shape index (κ1) is 18.4. The highest BCUT2D eigenvalue weighted by molar-refractivity contribution is 5.96. The normalized spacial score (nSPS) is 10.5. The predicted molar refractivity (Wildman–Crippen MR) is 113 cm³/mol. The summed E-state index contributed by atoms with van der Waals surface area (Å²) in [6.07, 6.45) is 3.28. The second kappa shape index (κ2) is 8.39. The van der Waals surface area contributed by atoms with Crippen molar-refractivity contribution in [3.8, 4) is 5.82 Å². The Hall–Kier alpha value is -3.93. The van der Waals surface area contributed by atoms with Crippen LogP contribution in [0.4, 0.5) is 5.69 Å². The Morgan fingerprint density at radius 2 is 1.66 bits per heavy atom. The van der Waals surface area contributed by atoms with Crippen LogP contribution in [-0.4, -0.2) is 20.7 Å². The molecule has 0 radical (unpaired) electrons. The van der Waals surface area contributed by atoms with Gasteiger partial charge in [-0.25, -0.2) is 9.67 Å². The van der Waals surface area contributed by atoms with Crippen molar-refractivity contribution in [2.75, 3.05) is 5.01 Å². The number of hydrazine groups is 1. The smallest absolute Gasteiger partial charge is 0.273 e. The van der Waals surface area contributed by atoms with Gasteiger partial charge < -0.3 is 0 Å². The molecule has 4 rings (SSSR count). The minimum absolute atomic E-state index is 0.218. The number of anilines is 1. The summed E-state index contributed by atoms with van der Waals surface area (Å²) < 4.78 is 1.67. The Labute approximate surface area is 169 Å². The molecule has 0 aliphatic rings. The Balaban J connectivity index is 1.59. The van der Waals surface area contributed by atoms with Gasteiger partial charge in [0.05, 0.1) is 29.7 Å². The molecule has 1 N–H and O–H groups in total. The number of hydrogen-bond donors (Lipinski definition) is 1. The van der Waals surface area contributed by atoms with E-state index >= 15 is 0 Å². The lowest BCUT2D eigenvalue weighted by molar-refractivity contribution is 0.0947. The molecule has 0 atom stereocenters. The topological polar surface area (TPSA) is 63.1 Å². The van der Waals surface area contributed by atoms with Gasteiger partial charge in [0, 0.05) is 6.20 Å². The first-order valence-electron chi connectivity index (χ1n) is 9.36. The van der Waals surface area contributed by atoms with Gasteiger partial charge in [-0.3, -0.25) is 15.2 Å². The summed E-state index contributed by atoms with van der Waals surface area (Å²) in [5, 5.41) is 6.19. The van der Waals surface area contributed by atoms with Gasteiger partial charge in [-0.05, 0) is 36.8 Å². The Bertz CT molecular complexity index is 1080. The highest BCUT2D eigenvalue weighted by Crippen LogP contribution is 2.17. The highest BCUT2D eigenvalue weighted by Gasteiger charge is 2.18. The van der Waals surface area contributed by atoms with Crippen LogP contribution in [0.3, 0.4) is 0 Å². The van der Waals surface area contributed by atoms with E-state index in [-0.39, 0.29) is 5.91 Å². The molecule has 144 valence electrons. The van der Waals surface area contributed by atoms with E-state index in [0.29, 0.717) is 17.9 Å². The van der Waals surface area contributed by atoms with Gasteiger partial charge >= 0.3 is 0 Å². The van der Waals surface area contributed by atoms with E-state index < -0.39 is 0 Å². The van der Waals surface area contributed by atoms with Crippen LogP contribution in [0.1, 0.15) is 21.6 Å². The molecule has 0 saturated heterocycles. The van der Waals surface area contributed by atoms with Crippen LogP contribution in [-0.2, 0) is 6.54 Å². The van der Waals surface area contributed by atoms with E-state index in [0.717, 1.165) is 16.9 Å². The number of amides is 1. The van der Waals surface area contributed by atoms with Gasteiger partial charge in [0.15, 0.2) is 5.82 Å². The molecule has 2 aromatic carbocycles. The fourth-order valence-electron chi connectivity index (χ4n) is 3.09. The van der Waals surface area contributed by atoms with E-state index in [1.165, 1.54) is 0 Å². The van der Waals surface area contributed by atoms with Crippen LogP contribution in [0, 0.1) is 6.92 Å². The molecule has 29 heavy (non-hydrogen) atoms. The van der Waals surface area contributed by atoms with Crippen LogP contribution in [0.2, 0.25) is 0 Å². The molecule has 0 fully saturated rings. The minimum atomic E-state index is -0.218. The quantitative estimate of drug-likeness (QED) is 0.513. The minimum Gasteiger partial charge on any atom is -0.281 e. The summed E-state index contributed by atoms with van der Waals surface area (Å²) in [6.45, 7) is 2.41. The van der Waals surface area contributed by atoms with Crippen molar-refractivity contribution in [3.05, 3.63) is 108 Å². The lowest BCUT2D eigenvalue weighted by Crippen LogP contribution is -2.42. The van der Waals surface area contributed by atoms with Crippen molar-refractivity contribution in [1.82, 2.24) is 20.2 Å². The zero-order chi connectivity index (χ0) is 20.1. The van der Waals surface area contributed by atoms with Gasteiger partial charge in [-0.1, -0.05) is 54.6 Å². The number of nitrogens with zero attached hydrogens (tertiary/aromatic N) is 4. The molecule has 1 amide bonds. The molecule has 0 aliphatic heterocycles. The molecule has 6 nitrogen and oxygen atoms in total. The lowest BCUT2D eigenvalue weighted by Gasteiger charge is -2.25. The second-order valence-corrected chi connectivity index (χ2v) is 6.59. The number of carbonyl (C=O) groups is 1. The molecule has 2 aromatic heterocycles. The van der Waals surface area contributed by atoms with E-state index in [1.807, 2.05) is 90.8 Å². The molecule has 0 aliphatic carbocycles. The number of rotatable bonds is 6. The van der Waals surface area contributed by atoms with Crippen LogP contribution in [0.25, 0.3) is 5.82 Å². The summed E-state index contributed by atoms with van der Waals surface area (Å²) in [6, 6.07) is 25.4. The zero-order valence-corrected chi connectivity index (χ0v) is 16.1. The van der Waals surface area contributed by atoms with Gasteiger partial charge in [0.1, 0.15) is 0 Å². The third-order valence-corrected chi connectivity index (χ3v) is 4.61. The molecular formula is C23H21N5O. The van der Waals surface area contributed by atoms with Crippen LogP contribution in [0.15, 0.2) is 91.3 Å². The maximum atomic E-state index is 13.1. The summed E-state index contributed by atoms with van der Waals surface area (Å²) in [4.78, 5) is 17.4. The SMILES string of the molecule is Cc1c(C(=O)NN(Cc2ccccc2)c2ccccc2)cnn1-c1ccccn1. The number of para-hydroxylation sites is 1. The number of pyridine rings is 1. The number of aromatic nitrogens is 3. The van der Waals surface area contributed by atoms with E-state index in [9.17, 15) is 4.79 Å². The average molecular weight is 383 g/mol. The largest absolute Gasteiger partial charge is 0.281 e. The Morgan fingerprint density at radius 3 is 2.34 bits per heavy atom. The van der Waals surface area contributed by atoms with Crippen LogP contribution >= 0.6 is 0 Å². The van der Waals surface area contributed by atoms with Gasteiger partial charge in [-0.2, -0.15) is 5.10 Å². The third-order valence-electron chi connectivity index (χ3n) is 4.61. The van der Waals surface area contributed by atoms with Crippen molar-refractivity contribution in [2.45, 2.75) is 13.5 Å². The standard InChI is InChI=1S/C23H21N5O/c1-18-21(16-25-28(18)22-14-8-9-15-24-22)23(29)26-27(20-12-6-3-7-13-20)17-19-10-4-2-5-11-19/h2-16H,17H2,1H3,(H,26,29). The third kappa shape index (κ3) is 4.16. The van der Waals surface area contributed by atoms with Crippen LogP contribution < -0.4 is 10.4 Å². The molecule has 6 heteroatoms. The van der Waals surface area contributed by atoms with Crippen molar-refractivity contribution in [3.63, 3.8) is 0 Å². The Morgan fingerprint density at radius 1 is 0.966 bits per heavy atom. The first-order valence-corrected chi connectivity index (χ1v) is 9.36. The molecule has 4 aromatic rings. The molecule has 0 bridgehead atoms. The van der Waals surface area contributed by atoms with E-state index in [1.54, 1.807) is 17.1 Å². The summed E-state index contributed by atoms with van der Waals surface area (Å²) in [5.41, 5.74) is 6.26. The van der Waals surface area contributed by atoms with Gasteiger partial charge in [0.2, 0.25) is 0 Å². The van der Waals surface area contributed by atoms with Gasteiger partial charge in [0.25, 0.3) is 5.91 Å². The maximum absolute atomic E-state index is 13.1. The first-order chi connectivity index (χ1) is 14.2. The second-order valence-electron chi connectivity index (χ2n) is 6.59. The zero-order valence-electron chi connectivity index (χ0n) is 16.1. The van der Waals surface area contributed by atoms with Gasteiger partial charge in [-0.15, -0.1) is 0 Å². The number of nitrogens with one attached hydrogen (secondary N) is 1. The van der Waals surface area contributed by atoms with E-state index in [2.05, 4.69) is 15.5 Å². The predicted octanol–water partition coefficient (Wildman–Crippen LogP) is 3.93.